The van der Waals surface area contributed by atoms with E-state index in [9.17, 15) is 9.90 Å². The van der Waals surface area contributed by atoms with Crippen LogP contribution in [0, 0.1) is 5.92 Å². The predicted octanol–water partition coefficient (Wildman–Crippen LogP) is 1.29. The van der Waals surface area contributed by atoms with Crippen molar-refractivity contribution in [2.45, 2.75) is 59.1 Å². The summed E-state index contributed by atoms with van der Waals surface area (Å²) in [5.74, 6) is 0.419. The van der Waals surface area contributed by atoms with E-state index in [1.807, 2.05) is 20.8 Å². The van der Waals surface area contributed by atoms with Gasteiger partial charge in [-0.1, -0.05) is 27.7 Å². The zero-order valence-electron chi connectivity index (χ0n) is 11.8. The van der Waals surface area contributed by atoms with Crippen LogP contribution >= 0.6 is 0 Å². The molecular weight excluding hydrogens is 216 g/mol. The van der Waals surface area contributed by atoms with Gasteiger partial charge in [0.2, 0.25) is 5.91 Å². The van der Waals surface area contributed by atoms with Gasteiger partial charge in [0.15, 0.2) is 0 Å². The lowest BCUT2D eigenvalue weighted by Crippen LogP contribution is -2.45. The number of amides is 1. The van der Waals surface area contributed by atoms with Gasteiger partial charge in [-0.2, -0.15) is 0 Å². The summed E-state index contributed by atoms with van der Waals surface area (Å²) in [6.07, 6.45) is 1.39. The first kappa shape index (κ1) is 16.4. The van der Waals surface area contributed by atoms with Gasteiger partial charge in [0, 0.05) is 12.6 Å². The molecule has 0 saturated carbocycles. The van der Waals surface area contributed by atoms with E-state index >= 15 is 0 Å². The van der Waals surface area contributed by atoms with Crippen molar-refractivity contribution >= 4 is 5.91 Å². The van der Waals surface area contributed by atoms with Crippen LogP contribution in [0.3, 0.4) is 0 Å². The van der Waals surface area contributed by atoms with Crippen LogP contribution in [0.5, 0.6) is 0 Å². The molecule has 4 nitrogen and oxygen atoms in total. The molecule has 0 aliphatic heterocycles. The maximum absolute atomic E-state index is 11.6. The third-order valence-electron chi connectivity index (χ3n) is 3.44. The minimum absolute atomic E-state index is 0.0132. The molecule has 3 N–H and O–H groups in total. The SMILES string of the molecule is CCC(O)(CC)CNCC(=O)NC(C)C(C)C. The fraction of sp³-hybridized carbons (Fsp3) is 0.923. The van der Waals surface area contributed by atoms with Gasteiger partial charge in [-0.15, -0.1) is 0 Å². The second-order valence-electron chi connectivity index (χ2n) is 5.14. The van der Waals surface area contributed by atoms with Crippen molar-refractivity contribution < 1.29 is 9.90 Å². The Morgan fingerprint density at radius 1 is 1.24 bits per heavy atom. The van der Waals surface area contributed by atoms with Crippen molar-refractivity contribution in [2.24, 2.45) is 5.92 Å². The monoisotopic (exact) mass is 244 g/mol. The van der Waals surface area contributed by atoms with Gasteiger partial charge in [0.1, 0.15) is 0 Å². The summed E-state index contributed by atoms with van der Waals surface area (Å²) < 4.78 is 0. The van der Waals surface area contributed by atoms with E-state index in [0.29, 0.717) is 25.3 Å². The lowest BCUT2D eigenvalue weighted by atomic mass is 9.98. The molecule has 1 atom stereocenters. The van der Waals surface area contributed by atoms with Crippen molar-refractivity contribution in [2.75, 3.05) is 13.1 Å². The van der Waals surface area contributed by atoms with Gasteiger partial charge in [-0.25, -0.2) is 0 Å². The molecule has 0 rings (SSSR count). The Morgan fingerprint density at radius 3 is 2.18 bits per heavy atom. The molecule has 0 saturated heterocycles. The number of hydrogen-bond donors (Lipinski definition) is 3. The summed E-state index contributed by atoms with van der Waals surface area (Å²) in [5, 5.41) is 15.9. The summed E-state index contributed by atoms with van der Waals surface area (Å²) >= 11 is 0. The summed E-state index contributed by atoms with van der Waals surface area (Å²) in [5.41, 5.74) is -0.691. The van der Waals surface area contributed by atoms with Gasteiger partial charge in [0.25, 0.3) is 0 Å². The van der Waals surface area contributed by atoms with Crippen LogP contribution in [0.2, 0.25) is 0 Å². The highest BCUT2D eigenvalue weighted by molar-refractivity contribution is 5.78. The fourth-order valence-electron chi connectivity index (χ4n) is 1.38. The largest absolute Gasteiger partial charge is 0.389 e. The molecule has 0 spiro atoms. The number of nitrogens with one attached hydrogen (secondary N) is 2. The van der Waals surface area contributed by atoms with E-state index in [2.05, 4.69) is 24.5 Å². The van der Waals surface area contributed by atoms with Gasteiger partial charge < -0.3 is 15.7 Å². The maximum Gasteiger partial charge on any atom is 0.234 e. The first-order valence-corrected chi connectivity index (χ1v) is 6.57. The minimum Gasteiger partial charge on any atom is -0.389 e. The van der Waals surface area contributed by atoms with Crippen LogP contribution in [-0.2, 0) is 4.79 Å². The second kappa shape index (κ2) is 7.67. The molecule has 4 heteroatoms. The van der Waals surface area contributed by atoms with E-state index in [-0.39, 0.29) is 18.5 Å². The Kier molecular flexibility index (Phi) is 7.39. The van der Waals surface area contributed by atoms with Crippen molar-refractivity contribution in [3.63, 3.8) is 0 Å². The second-order valence-corrected chi connectivity index (χ2v) is 5.14. The quantitative estimate of drug-likeness (QED) is 0.603. The van der Waals surface area contributed by atoms with E-state index in [1.165, 1.54) is 0 Å². The summed E-state index contributed by atoms with van der Waals surface area (Å²) in [7, 11) is 0. The molecule has 0 bridgehead atoms. The molecule has 0 aromatic heterocycles. The number of hydrogen-bond acceptors (Lipinski definition) is 3. The van der Waals surface area contributed by atoms with Crippen LogP contribution in [-0.4, -0.2) is 35.7 Å². The minimum atomic E-state index is -0.691. The molecule has 0 aliphatic carbocycles. The van der Waals surface area contributed by atoms with E-state index < -0.39 is 5.60 Å². The summed E-state index contributed by atoms with van der Waals surface area (Å²) in [6.45, 7) is 10.8. The lowest BCUT2D eigenvalue weighted by Gasteiger charge is -2.25. The van der Waals surface area contributed by atoms with Crippen LogP contribution < -0.4 is 10.6 Å². The van der Waals surface area contributed by atoms with Crippen LogP contribution in [0.4, 0.5) is 0 Å². The Balaban J connectivity index is 3.86. The predicted molar refractivity (Wildman–Crippen MR) is 70.8 cm³/mol. The highest BCUT2D eigenvalue weighted by atomic mass is 16.3. The first-order valence-electron chi connectivity index (χ1n) is 6.57. The summed E-state index contributed by atoms with van der Waals surface area (Å²) in [4.78, 5) is 11.6. The molecule has 0 aliphatic rings. The summed E-state index contributed by atoms with van der Waals surface area (Å²) in [6, 6.07) is 0.181. The smallest absolute Gasteiger partial charge is 0.234 e. The van der Waals surface area contributed by atoms with Crippen molar-refractivity contribution in [1.82, 2.24) is 10.6 Å². The Morgan fingerprint density at radius 2 is 1.76 bits per heavy atom. The Bertz CT molecular complexity index is 225. The molecule has 102 valence electrons. The first-order chi connectivity index (χ1) is 7.84. The van der Waals surface area contributed by atoms with Crippen molar-refractivity contribution in [3.05, 3.63) is 0 Å². The number of carbonyl (C=O) groups is 1. The number of rotatable bonds is 8. The molecule has 0 heterocycles. The standard InChI is InChI=1S/C13H28N2O2/c1-6-13(17,7-2)9-14-8-12(16)15-11(5)10(3)4/h10-11,14,17H,6-9H2,1-5H3,(H,15,16). The number of aliphatic hydroxyl groups is 1. The average Bonchev–Trinajstić information content (AvgIpc) is 2.28. The van der Waals surface area contributed by atoms with E-state index in [1.54, 1.807) is 0 Å². The van der Waals surface area contributed by atoms with Gasteiger partial charge in [-0.3, -0.25) is 4.79 Å². The zero-order valence-corrected chi connectivity index (χ0v) is 11.8. The molecule has 17 heavy (non-hydrogen) atoms. The zero-order chi connectivity index (χ0) is 13.5. The normalized spacial score (nSPS) is 13.8. The van der Waals surface area contributed by atoms with Crippen molar-refractivity contribution in [1.29, 1.82) is 0 Å². The molecule has 0 radical (unpaired) electrons. The number of carbonyl (C=O) groups excluding carboxylic acids is 1. The molecular formula is C13H28N2O2. The molecule has 1 unspecified atom stereocenters. The lowest BCUT2D eigenvalue weighted by molar-refractivity contribution is -0.121. The Labute approximate surface area is 105 Å². The van der Waals surface area contributed by atoms with Crippen molar-refractivity contribution in [3.8, 4) is 0 Å². The molecule has 0 fully saturated rings. The highest BCUT2D eigenvalue weighted by Gasteiger charge is 2.21. The maximum atomic E-state index is 11.6. The van der Waals surface area contributed by atoms with Crippen LogP contribution in [0.25, 0.3) is 0 Å². The van der Waals surface area contributed by atoms with Crippen LogP contribution in [0.15, 0.2) is 0 Å². The van der Waals surface area contributed by atoms with Gasteiger partial charge in [0.05, 0.1) is 12.1 Å². The molecule has 0 aromatic carbocycles. The van der Waals surface area contributed by atoms with Gasteiger partial charge in [-0.05, 0) is 25.7 Å². The third-order valence-corrected chi connectivity index (χ3v) is 3.44. The average molecular weight is 244 g/mol. The topological polar surface area (TPSA) is 61.4 Å². The molecule has 0 aromatic rings. The fourth-order valence-corrected chi connectivity index (χ4v) is 1.38. The van der Waals surface area contributed by atoms with Gasteiger partial charge >= 0.3 is 0 Å². The molecule has 1 amide bonds. The van der Waals surface area contributed by atoms with Crippen LogP contribution in [0.1, 0.15) is 47.5 Å². The Hall–Kier alpha value is -0.610. The highest BCUT2D eigenvalue weighted by Crippen LogP contribution is 2.12. The third kappa shape index (κ3) is 6.64. The van der Waals surface area contributed by atoms with E-state index in [0.717, 1.165) is 0 Å². The van der Waals surface area contributed by atoms with E-state index in [4.69, 9.17) is 0 Å².